The van der Waals surface area contributed by atoms with Crippen LogP contribution in [0.3, 0.4) is 0 Å². The van der Waals surface area contributed by atoms with Gasteiger partial charge in [-0.2, -0.15) is 0 Å². The summed E-state index contributed by atoms with van der Waals surface area (Å²) in [7, 11) is 0. The maximum atomic E-state index is 12.9. The number of hydrogen-bond donors (Lipinski definition) is 2. The first-order valence-electron chi connectivity index (χ1n) is 12.9. The Bertz CT molecular complexity index is 1460. The van der Waals surface area contributed by atoms with E-state index in [0.29, 0.717) is 18.1 Å². The number of amides is 1. The minimum absolute atomic E-state index is 0.0397. The van der Waals surface area contributed by atoms with Crippen molar-refractivity contribution in [2.24, 2.45) is 0 Å². The normalized spacial score (nSPS) is 16.9. The van der Waals surface area contributed by atoms with E-state index in [-0.39, 0.29) is 18.0 Å². The molecule has 2 atom stereocenters. The van der Waals surface area contributed by atoms with Crippen LogP contribution in [0.2, 0.25) is 0 Å². The van der Waals surface area contributed by atoms with Gasteiger partial charge in [-0.05, 0) is 87.4 Å². The molecule has 0 bridgehead atoms. The van der Waals surface area contributed by atoms with Crippen molar-refractivity contribution in [2.45, 2.75) is 46.2 Å². The highest BCUT2D eigenvalue weighted by atomic mass is 32.1. The molecule has 38 heavy (non-hydrogen) atoms. The van der Waals surface area contributed by atoms with Gasteiger partial charge in [0.1, 0.15) is 0 Å². The van der Waals surface area contributed by atoms with E-state index in [9.17, 15) is 4.79 Å². The summed E-state index contributed by atoms with van der Waals surface area (Å²) in [5, 5.41) is 7.16. The Morgan fingerprint density at radius 2 is 1.74 bits per heavy atom. The molecule has 1 fully saturated rings. The van der Waals surface area contributed by atoms with Crippen LogP contribution in [0.5, 0.6) is 0 Å². The number of thiocarbonyl (C=S) groups is 1. The van der Waals surface area contributed by atoms with Gasteiger partial charge in [-0.1, -0.05) is 42.0 Å². The summed E-state index contributed by atoms with van der Waals surface area (Å²) in [5.41, 5.74) is 8.74. The third-order valence-corrected chi connectivity index (χ3v) is 7.61. The molecule has 1 amide bonds. The SMILES string of the molecule is Cc1ccc(NC(=O)CCN2C(=S)N[C@@H](c3ccccn3)[C@@H]2c2cc(C)n(-c3ccccc3C)c2C)cc1. The molecule has 0 unspecified atom stereocenters. The second-order valence-electron chi connectivity index (χ2n) is 9.93. The first-order valence-corrected chi connectivity index (χ1v) is 13.3. The van der Waals surface area contributed by atoms with Crippen molar-refractivity contribution >= 4 is 28.9 Å². The standard InChI is InChI=1S/C31H33N5OS/c1-20-12-14-24(15-13-20)33-28(37)16-18-35-30(29(34-31(35)38)26-10-7-8-17-32-26)25-19-22(3)36(23(25)4)27-11-6-5-9-21(27)2/h5-15,17,19,29-30H,16,18H2,1-4H3,(H,33,37)(H,34,38)/t29-,30-/m0/s1. The Kier molecular flexibility index (Phi) is 7.29. The van der Waals surface area contributed by atoms with Crippen LogP contribution >= 0.6 is 12.2 Å². The molecule has 2 aromatic heterocycles. The zero-order valence-corrected chi connectivity index (χ0v) is 23.0. The van der Waals surface area contributed by atoms with Crippen LogP contribution in [-0.4, -0.2) is 32.0 Å². The molecule has 3 heterocycles. The van der Waals surface area contributed by atoms with E-state index in [4.69, 9.17) is 12.2 Å². The van der Waals surface area contributed by atoms with E-state index in [1.807, 2.05) is 55.6 Å². The van der Waals surface area contributed by atoms with Gasteiger partial charge in [0.2, 0.25) is 5.91 Å². The fraction of sp³-hybridized carbons (Fsp3) is 0.258. The molecule has 0 saturated carbocycles. The Labute approximate surface area is 229 Å². The number of carbonyl (C=O) groups is 1. The van der Waals surface area contributed by atoms with Gasteiger partial charge in [0, 0.05) is 41.9 Å². The Hall–Kier alpha value is -3.97. The predicted octanol–water partition coefficient (Wildman–Crippen LogP) is 6.11. The molecular formula is C31H33N5OS. The molecule has 6 nitrogen and oxygen atoms in total. The first kappa shape index (κ1) is 25.7. The summed E-state index contributed by atoms with van der Waals surface area (Å²) < 4.78 is 2.31. The average Bonchev–Trinajstić information content (AvgIpc) is 3.39. The van der Waals surface area contributed by atoms with Crippen LogP contribution in [0.15, 0.2) is 79.0 Å². The molecule has 0 spiro atoms. The molecule has 1 saturated heterocycles. The van der Waals surface area contributed by atoms with E-state index in [1.165, 1.54) is 16.8 Å². The molecule has 7 heteroatoms. The number of aryl methyl sites for hydroxylation is 3. The zero-order chi connectivity index (χ0) is 26.8. The van der Waals surface area contributed by atoms with E-state index >= 15 is 0 Å². The third-order valence-electron chi connectivity index (χ3n) is 7.26. The first-order chi connectivity index (χ1) is 18.3. The quantitative estimate of drug-likeness (QED) is 0.286. The predicted molar refractivity (Wildman–Crippen MR) is 157 cm³/mol. The van der Waals surface area contributed by atoms with E-state index in [0.717, 1.165) is 28.3 Å². The number of carbonyl (C=O) groups excluding carboxylic acids is 1. The Balaban J connectivity index is 1.47. The van der Waals surface area contributed by atoms with Crippen LogP contribution in [0, 0.1) is 27.7 Å². The topological polar surface area (TPSA) is 62.2 Å². The summed E-state index contributed by atoms with van der Waals surface area (Å²) >= 11 is 5.84. The molecular weight excluding hydrogens is 490 g/mol. The van der Waals surface area contributed by atoms with Gasteiger partial charge in [-0.3, -0.25) is 9.78 Å². The van der Waals surface area contributed by atoms with Gasteiger partial charge in [0.15, 0.2) is 5.11 Å². The van der Waals surface area contributed by atoms with Crippen molar-refractivity contribution < 1.29 is 4.79 Å². The maximum Gasteiger partial charge on any atom is 0.226 e. The molecule has 2 aromatic carbocycles. The molecule has 0 radical (unpaired) electrons. The number of rotatable bonds is 7. The lowest BCUT2D eigenvalue weighted by Crippen LogP contribution is -2.32. The van der Waals surface area contributed by atoms with Crippen LogP contribution in [0.1, 0.15) is 52.3 Å². The van der Waals surface area contributed by atoms with E-state index < -0.39 is 0 Å². The molecule has 4 aromatic rings. The van der Waals surface area contributed by atoms with Crippen LogP contribution in [0.25, 0.3) is 5.69 Å². The molecule has 194 valence electrons. The monoisotopic (exact) mass is 523 g/mol. The summed E-state index contributed by atoms with van der Waals surface area (Å²) in [6.07, 6.45) is 2.13. The number of nitrogens with one attached hydrogen (secondary N) is 2. The number of para-hydroxylation sites is 1. The Morgan fingerprint density at radius 1 is 1.00 bits per heavy atom. The number of anilines is 1. The van der Waals surface area contributed by atoms with Gasteiger partial charge in [0.05, 0.1) is 17.8 Å². The molecule has 2 N–H and O–H groups in total. The van der Waals surface area contributed by atoms with Crippen molar-refractivity contribution in [3.8, 4) is 5.69 Å². The van der Waals surface area contributed by atoms with Gasteiger partial charge < -0.3 is 20.1 Å². The number of nitrogens with zero attached hydrogens (tertiary/aromatic N) is 3. The van der Waals surface area contributed by atoms with Gasteiger partial charge >= 0.3 is 0 Å². The van der Waals surface area contributed by atoms with Crippen molar-refractivity contribution in [3.05, 3.63) is 113 Å². The van der Waals surface area contributed by atoms with Gasteiger partial charge in [0.25, 0.3) is 0 Å². The summed E-state index contributed by atoms with van der Waals surface area (Å²) in [4.78, 5) is 19.7. The van der Waals surface area contributed by atoms with Crippen molar-refractivity contribution in [1.82, 2.24) is 19.8 Å². The third kappa shape index (κ3) is 5.07. The molecule has 0 aliphatic carbocycles. The second-order valence-corrected chi connectivity index (χ2v) is 10.3. The molecule has 1 aliphatic rings. The number of pyridine rings is 1. The van der Waals surface area contributed by atoms with Gasteiger partial charge in [-0.15, -0.1) is 0 Å². The van der Waals surface area contributed by atoms with Gasteiger partial charge in [-0.25, -0.2) is 0 Å². The van der Waals surface area contributed by atoms with Crippen molar-refractivity contribution in [3.63, 3.8) is 0 Å². The highest BCUT2D eigenvalue weighted by Crippen LogP contribution is 2.41. The second kappa shape index (κ2) is 10.8. The molecule has 1 aliphatic heterocycles. The molecule has 5 rings (SSSR count). The van der Waals surface area contributed by atoms with E-state index in [2.05, 4.69) is 76.2 Å². The maximum absolute atomic E-state index is 12.9. The smallest absolute Gasteiger partial charge is 0.226 e. The summed E-state index contributed by atoms with van der Waals surface area (Å²) in [5.74, 6) is -0.0397. The van der Waals surface area contributed by atoms with Crippen LogP contribution < -0.4 is 10.6 Å². The minimum atomic E-state index is -0.130. The highest BCUT2D eigenvalue weighted by Gasteiger charge is 2.41. The number of benzene rings is 2. The Morgan fingerprint density at radius 3 is 2.45 bits per heavy atom. The average molecular weight is 524 g/mol. The minimum Gasteiger partial charge on any atom is -0.352 e. The van der Waals surface area contributed by atoms with Crippen molar-refractivity contribution in [2.75, 3.05) is 11.9 Å². The van der Waals surface area contributed by atoms with E-state index in [1.54, 1.807) is 0 Å². The number of aromatic nitrogens is 2. The number of hydrogen-bond acceptors (Lipinski definition) is 3. The lowest BCUT2D eigenvalue weighted by molar-refractivity contribution is -0.116. The largest absolute Gasteiger partial charge is 0.352 e. The summed E-state index contributed by atoms with van der Waals surface area (Å²) in [6.45, 7) is 8.95. The zero-order valence-electron chi connectivity index (χ0n) is 22.2. The summed E-state index contributed by atoms with van der Waals surface area (Å²) in [6, 6.07) is 24.2. The van der Waals surface area contributed by atoms with Crippen molar-refractivity contribution in [1.29, 1.82) is 0 Å². The van der Waals surface area contributed by atoms with Crippen LogP contribution in [-0.2, 0) is 4.79 Å². The lowest BCUT2D eigenvalue weighted by atomic mass is 9.96. The fourth-order valence-corrected chi connectivity index (χ4v) is 5.67. The lowest BCUT2D eigenvalue weighted by Gasteiger charge is -2.28. The fourth-order valence-electron chi connectivity index (χ4n) is 5.34. The van der Waals surface area contributed by atoms with Crippen LogP contribution in [0.4, 0.5) is 5.69 Å². The highest BCUT2D eigenvalue weighted by molar-refractivity contribution is 7.80.